The number of rotatable bonds is 9. The molecule has 2 heteroatoms. The molecule has 2 aliphatic rings. The van der Waals surface area contributed by atoms with Crippen LogP contribution in [0.1, 0.15) is 134 Å². The highest BCUT2D eigenvalue weighted by molar-refractivity contribution is 5.87. The Kier molecular flexibility index (Phi) is 16.1. The third-order valence-electron chi connectivity index (χ3n) is 8.51. The van der Waals surface area contributed by atoms with Crippen molar-refractivity contribution in [3.63, 3.8) is 0 Å². The SMILES string of the molecule is CC1=C(C2=C(c3ccc(C)cc3)c3ccc(C)cc3CCC2)CCC(CC(C)F)=C1.CCCC(C)CC.CCCCF. The minimum absolute atomic E-state index is 0.156. The molecule has 0 aliphatic heterocycles. The number of hydrogen-bond donors (Lipinski definition) is 0. The van der Waals surface area contributed by atoms with Crippen molar-refractivity contribution in [1.82, 2.24) is 0 Å². The first kappa shape index (κ1) is 35.7. The molecule has 0 bridgehead atoms. The maximum Gasteiger partial charge on any atom is 0.101 e. The Morgan fingerprint density at radius 3 is 2.00 bits per heavy atom. The Balaban J connectivity index is 0.000000434. The monoisotopic (exact) mass is 576 g/mol. The molecule has 0 radical (unpaired) electrons. The number of alkyl halides is 2. The van der Waals surface area contributed by atoms with Gasteiger partial charge in [0.1, 0.15) is 6.17 Å². The van der Waals surface area contributed by atoms with Crippen molar-refractivity contribution in [2.45, 2.75) is 132 Å². The van der Waals surface area contributed by atoms with Crippen LogP contribution in [0.25, 0.3) is 5.57 Å². The number of hydrogen-bond acceptors (Lipinski definition) is 0. The normalized spacial score (nSPS) is 16.3. The van der Waals surface area contributed by atoms with E-state index in [4.69, 9.17) is 0 Å². The summed E-state index contributed by atoms with van der Waals surface area (Å²) >= 11 is 0. The molecule has 0 aromatic heterocycles. The van der Waals surface area contributed by atoms with E-state index in [1.54, 1.807) is 6.92 Å². The van der Waals surface area contributed by atoms with Gasteiger partial charge in [0.05, 0.1) is 6.67 Å². The van der Waals surface area contributed by atoms with Crippen LogP contribution in [-0.2, 0) is 6.42 Å². The molecular formula is C40H58F2. The summed E-state index contributed by atoms with van der Waals surface area (Å²) in [5.41, 5.74) is 13.8. The van der Waals surface area contributed by atoms with E-state index in [1.165, 1.54) is 81.4 Å². The second-order valence-electron chi connectivity index (χ2n) is 12.5. The molecule has 0 N–H and O–H groups in total. The number of halogens is 2. The summed E-state index contributed by atoms with van der Waals surface area (Å²) in [6, 6.07) is 16.0. The molecule has 0 saturated heterocycles. The molecule has 2 aromatic rings. The Hall–Kier alpha value is -2.48. The van der Waals surface area contributed by atoms with Crippen molar-refractivity contribution in [1.29, 1.82) is 0 Å². The second-order valence-corrected chi connectivity index (χ2v) is 12.5. The van der Waals surface area contributed by atoms with Crippen LogP contribution in [0.4, 0.5) is 8.78 Å². The first-order valence-corrected chi connectivity index (χ1v) is 16.6. The zero-order valence-corrected chi connectivity index (χ0v) is 28.0. The van der Waals surface area contributed by atoms with Crippen LogP contribution in [0.5, 0.6) is 0 Å². The minimum atomic E-state index is -0.763. The number of fused-ring (bicyclic) bond motifs is 1. The third-order valence-corrected chi connectivity index (χ3v) is 8.51. The van der Waals surface area contributed by atoms with Gasteiger partial charge >= 0.3 is 0 Å². The van der Waals surface area contributed by atoms with Crippen molar-refractivity contribution in [3.8, 4) is 0 Å². The molecule has 4 rings (SSSR count). The smallest absolute Gasteiger partial charge is 0.101 e. The van der Waals surface area contributed by atoms with Gasteiger partial charge in [-0.15, -0.1) is 0 Å². The Bertz CT molecular complexity index is 1170. The predicted molar refractivity (Wildman–Crippen MR) is 182 cm³/mol. The van der Waals surface area contributed by atoms with Crippen LogP contribution in [0.15, 0.2) is 70.8 Å². The lowest BCUT2D eigenvalue weighted by Gasteiger charge is -2.24. The van der Waals surface area contributed by atoms with Crippen molar-refractivity contribution in [2.75, 3.05) is 6.67 Å². The summed E-state index contributed by atoms with van der Waals surface area (Å²) in [5.74, 6) is 0.949. The average Bonchev–Trinajstić information content (AvgIpc) is 3.13. The molecule has 2 aromatic carbocycles. The van der Waals surface area contributed by atoms with Gasteiger partial charge in [0, 0.05) is 0 Å². The van der Waals surface area contributed by atoms with Gasteiger partial charge in [-0.25, -0.2) is 4.39 Å². The topological polar surface area (TPSA) is 0 Å². The van der Waals surface area contributed by atoms with Gasteiger partial charge in [0.15, 0.2) is 0 Å². The van der Waals surface area contributed by atoms with Crippen molar-refractivity contribution >= 4 is 5.57 Å². The quantitative estimate of drug-likeness (QED) is 0.278. The highest BCUT2D eigenvalue weighted by Gasteiger charge is 2.24. The van der Waals surface area contributed by atoms with Gasteiger partial charge < -0.3 is 0 Å². The van der Waals surface area contributed by atoms with E-state index in [0.717, 1.165) is 44.4 Å². The number of benzene rings is 2. The summed E-state index contributed by atoms with van der Waals surface area (Å²) < 4.78 is 24.6. The first-order chi connectivity index (χ1) is 20.1. The summed E-state index contributed by atoms with van der Waals surface area (Å²) in [6.07, 6.45) is 13.2. The molecule has 0 heterocycles. The second kappa shape index (κ2) is 18.9. The van der Waals surface area contributed by atoms with E-state index in [-0.39, 0.29) is 6.67 Å². The van der Waals surface area contributed by atoms with E-state index >= 15 is 0 Å². The zero-order chi connectivity index (χ0) is 31.1. The lowest BCUT2D eigenvalue weighted by atomic mass is 9.81. The lowest BCUT2D eigenvalue weighted by molar-refractivity contribution is 0.356. The molecule has 2 atom stereocenters. The fraction of sp³-hybridized carbons (Fsp3) is 0.550. The lowest BCUT2D eigenvalue weighted by Crippen LogP contribution is -2.06. The standard InChI is InChI=1S/C29H33F.C7H16.C4H9F/c1-19-8-12-24(13-9-19)29-27-14-10-20(2)16-25(27)6-5-7-28(29)26-15-11-23(17-21(26)3)18-22(4)30;1-4-6-7(3)5-2;1-2-3-4-5/h8-10,12-14,16-17,22H,5-7,11,15,18H2,1-4H3;7H,4-6H2,1-3H3;2-4H2,1H3. The van der Waals surface area contributed by atoms with E-state index in [0.29, 0.717) is 6.42 Å². The van der Waals surface area contributed by atoms with Crippen molar-refractivity contribution < 1.29 is 8.78 Å². The molecule has 0 saturated carbocycles. The number of aryl methyl sites for hydroxylation is 3. The van der Waals surface area contributed by atoms with E-state index in [2.05, 4.69) is 90.1 Å². The maximum atomic E-state index is 13.6. The fourth-order valence-corrected chi connectivity index (χ4v) is 5.96. The van der Waals surface area contributed by atoms with Crippen LogP contribution >= 0.6 is 0 Å². The average molecular weight is 577 g/mol. The van der Waals surface area contributed by atoms with Crippen LogP contribution in [0, 0.1) is 19.8 Å². The molecule has 0 fully saturated rings. The largest absolute Gasteiger partial charge is 0.251 e. The molecule has 0 nitrogen and oxygen atoms in total. The molecule has 2 unspecified atom stereocenters. The Morgan fingerprint density at radius 1 is 0.786 bits per heavy atom. The van der Waals surface area contributed by atoms with Gasteiger partial charge in [0.2, 0.25) is 0 Å². The van der Waals surface area contributed by atoms with Gasteiger partial charge in [-0.05, 0) is 118 Å². The highest BCUT2D eigenvalue weighted by Crippen LogP contribution is 2.42. The predicted octanol–water partition coefficient (Wildman–Crippen LogP) is 12.8. The number of unbranched alkanes of at least 4 members (excludes halogenated alkanes) is 1. The van der Waals surface area contributed by atoms with Gasteiger partial charge in [-0.1, -0.05) is 119 Å². The summed E-state index contributed by atoms with van der Waals surface area (Å²) in [4.78, 5) is 0. The number of allylic oxidation sites excluding steroid dienone is 5. The third kappa shape index (κ3) is 11.3. The molecule has 0 spiro atoms. The van der Waals surface area contributed by atoms with Crippen LogP contribution < -0.4 is 0 Å². The molecule has 0 amide bonds. The first-order valence-electron chi connectivity index (χ1n) is 16.6. The molecule has 2 aliphatic carbocycles. The Labute approximate surface area is 257 Å². The molecule has 232 valence electrons. The van der Waals surface area contributed by atoms with Crippen molar-refractivity contribution in [2.24, 2.45) is 5.92 Å². The minimum Gasteiger partial charge on any atom is -0.251 e. The summed E-state index contributed by atoms with van der Waals surface area (Å²) in [5, 5.41) is 0. The highest BCUT2D eigenvalue weighted by atomic mass is 19.1. The van der Waals surface area contributed by atoms with Crippen LogP contribution in [0.3, 0.4) is 0 Å². The van der Waals surface area contributed by atoms with E-state index in [9.17, 15) is 8.78 Å². The van der Waals surface area contributed by atoms with Gasteiger partial charge in [-0.2, -0.15) is 0 Å². The van der Waals surface area contributed by atoms with E-state index in [1.807, 2.05) is 6.92 Å². The van der Waals surface area contributed by atoms with Crippen molar-refractivity contribution in [3.05, 3.63) is 98.7 Å². The fourth-order valence-electron chi connectivity index (χ4n) is 5.96. The summed E-state index contributed by atoms with van der Waals surface area (Å²) in [7, 11) is 0. The van der Waals surface area contributed by atoms with Crippen LogP contribution in [0.2, 0.25) is 0 Å². The van der Waals surface area contributed by atoms with Gasteiger partial charge in [0.25, 0.3) is 0 Å². The summed E-state index contributed by atoms with van der Waals surface area (Å²) in [6.45, 7) is 16.8. The maximum absolute atomic E-state index is 13.6. The van der Waals surface area contributed by atoms with E-state index < -0.39 is 6.17 Å². The molecule has 42 heavy (non-hydrogen) atoms. The Morgan fingerprint density at radius 2 is 1.48 bits per heavy atom. The zero-order valence-electron chi connectivity index (χ0n) is 28.0. The van der Waals surface area contributed by atoms with Gasteiger partial charge in [-0.3, -0.25) is 4.39 Å². The van der Waals surface area contributed by atoms with Crippen LogP contribution in [-0.4, -0.2) is 12.8 Å². The molecular weight excluding hydrogens is 518 g/mol.